The van der Waals surface area contributed by atoms with Gasteiger partial charge in [0, 0.05) is 44.8 Å². The average molecular weight is 579 g/mol. The summed E-state index contributed by atoms with van der Waals surface area (Å²) in [6, 6.07) is 7.53. The summed E-state index contributed by atoms with van der Waals surface area (Å²) < 4.78 is 5.48. The minimum absolute atomic E-state index is 0.0175. The van der Waals surface area contributed by atoms with Crippen LogP contribution in [0.5, 0.6) is 0 Å². The molecule has 2 bridgehead atoms. The van der Waals surface area contributed by atoms with Crippen molar-refractivity contribution in [3.8, 4) is 6.07 Å². The summed E-state index contributed by atoms with van der Waals surface area (Å²) in [7, 11) is 3.42. The van der Waals surface area contributed by atoms with Gasteiger partial charge in [-0.05, 0) is 77.0 Å². The highest BCUT2D eigenvalue weighted by molar-refractivity contribution is 5.94. The zero-order chi connectivity index (χ0) is 30.5. The van der Waals surface area contributed by atoms with Crippen LogP contribution in [0.2, 0.25) is 0 Å². The van der Waals surface area contributed by atoms with Gasteiger partial charge in [-0.2, -0.15) is 5.26 Å². The van der Waals surface area contributed by atoms with E-state index in [4.69, 9.17) is 4.74 Å². The summed E-state index contributed by atoms with van der Waals surface area (Å²) in [4.78, 5) is 60.2. The van der Waals surface area contributed by atoms with Crippen LogP contribution >= 0.6 is 0 Å². The van der Waals surface area contributed by atoms with Gasteiger partial charge in [-0.1, -0.05) is 12.1 Å². The quantitative estimate of drug-likeness (QED) is 0.527. The molecule has 0 aromatic heterocycles. The third kappa shape index (κ3) is 5.82. The lowest BCUT2D eigenvalue weighted by molar-refractivity contribution is -0.158. The summed E-state index contributed by atoms with van der Waals surface area (Å²) in [5.74, 6) is -0.0611. The van der Waals surface area contributed by atoms with E-state index in [9.17, 15) is 24.4 Å². The number of nitrogens with zero attached hydrogens (tertiary/aromatic N) is 5. The van der Waals surface area contributed by atoms with E-state index < -0.39 is 29.8 Å². The molecule has 4 saturated heterocycles. The normalized spacial score (nSPS) is 28.0. The number of benzene rings is 1. The van der Waals surface area contributed by atoms with Gasteiger partial charge in [0.05, 0.1) is 18.2 Å². The second-order valence-corrected chi connectivity index (χ2v) is 13.3. The number of alkyl carbamates (subject to hydrolysis) is 1. The molecule has 5 fully saturated rings. The first-order valence-corrected chi connectivity index (χ1v) is 14.9. The maximum atomic E-state index is 13.9. The van der Waals surface area contributed by atoms with Gasteiger partial charge in [-0.25, -0.2) is 4.79 Å². The van der Waals surface area contributed by atoms with Gasteiger partial charge in [0.25, 0.3) is 5.91 Å². The van der Waals surface area contributed by atoms with Crippen molar-refractivity contribution in [3.05, 3.63) is 35.4 Å². The highest BCUT2D eigenvalue weighted by atomic mass is 16.6. The molecular weight excluding hydrogens is 536 g/mol. The molecule has 11 heteroatoms. The number of piperazine rings is 1. The molecule has 5 aliphatic rings. The standard InChI is InChI=1S/C31H42N6O5/c1-18(19-8-7-9-20(12-19)27(38)34(5)6)36-22-10-11-25(29(36)40)35(16-22)17-24(33-30(41)42-31(2,3)4)28(39)37-23(15-32)13-21-14-26(21)37/h7-9,12,18,21-26H,10-11,13-14,16-17H2,1-6H3,(H,33,41)/t18?,21?,22-,23?,24?,25?,26-/m0/s1. The number of nitriles is 1. The third-order valence-corrected chi connectivity index (χ3v) is 8.95. The highest BCUT2D eigenvalue weighted by Crippen LogP contribution is 2.48. The molecule has 6 rings (SSSR count). The lowest BCUT2D eigenvalue weighted by Gasteiger charge is -2.53. The van der Waals surface area contributed by atoms with Crippen molar-refractivity contribution in [2.24, 2.45) is 5.92 Å². The molecule has 4 heterocycles. The number of nitrogens with one attached hydrogen (secondary N) is 1. The van der Waals surface area contributed by atoms with Crippen molar-refractivity contribution >= 4 is 23.8 Å². The van der Waals surface area contributed by atoms with E-state index in [2.05, 4.69) is 11.4 Å². The van der Waals surface area contributed by atoms with Gasteiger partial charge in [0.15, 0.2) is 0 Å². The SMILES string of the molecule is CC(c1cccc(C(=O)N(C)C)c1)N1C(=O)C2CC[C@H]1CN2CC(NC(=O)OC(C)(C)C)C(=O)N1C(C#N)CC2C[C@@H]21. The van der Waals surface area contributed by atoms with E-state index in [1.165, 1.54) is 4.90 Å². The predicted octanol–water partition coefficient (Wildman–Crippen LogP) is 2.53. The number of rotatable bonds is 7. The summed E-state index contributed by atoms with van der Waals surface area (Å²) in [5.41, 5.74) is 0.726. The molecule has 0 radical (unpaired) electrons. The molecule has 42 heavy (non-hydrogen) atoms. The number of carbonyl (C=O) groups excluding carboxylic acids is 4. The fourth-order valence-electron chi connectivity index (χ4n) is 6.88. The zero-order valence-electron chi connectivity index (χ0n) is 25.4. The number of carbonyl (C=O) groups is 4. The fourth-order valence-corrected chi connectivity index (χ4v) is 6.88. The number of piperidine rings is 3. The van der Waals surface area contributed by atoms with Crippen LogP contribution < -0.4 is 5.32 Å². The third-order valence-electron chi connectivity index (χ3n) is 8.95. The Morgan fingerprint density at radius 1 is 1.19 bits per heavy atom. The smallest absolute Gasteiger partial charge is 0.408 e. The van der Waals surface area contributed by atoms with Crippen LogP contribution in [0.4, 0.5) is 4.79 Å². The van der Waals surface area contributed by atoms with E-state index in [1.807, 2.05) is 34.9 Å². The van der Waals surface area contributed by atoms with E-state index in [-0.39, 0.29) is 42.4 Å². The Bertz CT molecular complexity index is 1300. The van der Waals surface area contributed by atoms with E-state index in [1.54, 1.807) is 45.8 Å². The van der Waals surface area contributed by atoms with Crippen LogP contribution in [0.3, 0.4) is 0 Å². The Labute approximate surface area is 247 Å². The van der Waals surface area contributed by atoms with Crippen LogP contribution in [0, 0.1) is 17.2 Å². The molecule has 1 aromatic carbocycles. The van der Waals surface area contributed by atoms with E-state index >= 15 is 0 Å². The van der Waals surface area contributed by atoms with Crippen LogP contribution in [-0.2, 0) is 14.3 Å². The number of fused-ring (bicyclic) bond motifs is 4. The van der Waals surface area contributed by atoms with Gasteiger partial charge in [0.1, 0.15) is 17.7 Å². The summed E-state index contributed by atoms with van der Waals surface area (Å²) in [6.45, 7) is 7.98. The van der Waals surface area contributed by atoms with Crippen molar-refractivity contribution in [3.63, 3.8) is 0 Å². The molecule has 1 N–H and O–H groups in total. The number of amides is 4. The van der Waals surface area contributed by atoms with Gasteiger partial charge >= 0.3 is 6.09 Å². The summed E-state index contributed by atoms with van der Waals surface area (Å²) >= 11 is 0. The number of hydrogen-bond donors (Lipinski definition) is 1. The number of hydrogen-bond acceptors (Lipinski definition) is 7. The minimum atomic E-state index is -0.943. The van der Waals surface area contributed by atoms with Crippen molar-refractivity contribution in [2.45, 2.75) is 95.2 Å². The van der Waals surface area contributed by atoms with Crippen molar-refractivity contribution in [2.75, 3.05) is 27.2 Å². The predicted molar refractivity (Wildman–Crippen MR) is 154 cm³/mol. The first kappa shape index (κ1) is 29.8. The molecule has 1 aromatic rings. The molecule has 11 nitrogen and oxygen atoms in total. The Kier molecular flexibility index (Phi) is 7.96. The van der Waals surface area contributed by atoms with Crippen molar-refractivity contribution in [1.29, 1.82) is 5.26 Å². The van der Waals surface area contributed by atoms with Crippen LogP contribution in [0.15, 0.2) is 24.3 Å². The first-order chi connectivity index (χ1) is 19.8. The molecular formula is C31H42N6O5. The molecule has 0 spiro atoms. The number of likely N-dealkylation sites (tertiary alicyclic amines) is 1. The monoisotopic (exact) mass is 578 g/mol. The van der Waals surface area contributed by atoms with Gasteiger partial charge < -0.3 is 24.8 Å². The second kappa shape index (κ2) is 11.2. The molecule has 7 atom stereocenters. The van der Waals surface area contributed by atoms with Crippen molar-refractivity contribution < 1.29 is 23.9 Å². The Morgan fingerprint density at radius 3 is 2.57 bits per heavy atom. The lowest BCUT2D eigenvalue weighted by Crippen LogP contribution is -2.68. The maximum absolute atomic E-state index is 13.9. The van der Waals surface area contributed by atoms with Gasteiger partial charge in [0.2, 0.25) is 11.8 Å². The largest absolute Gasteiger partial charge is 0.444 e. The van der Waals surface area contributed by atoms with Crippen LogP contribution in [-0.4, -0.2) is 106 Å². The second-order valence-electron chi connectivity index (χ2n) is 13.3. The molecule has 1 aliphatic carbocycles. The number of ether oxygens (including phenoxy) is 1. The Hall–Kier alpha value is -3.65. The molecule has 4 aliphatic heterocycles. The summed E-state index contributed by atoms with van der Waals surface area (Å²) in [6.07, 6.45) is 2.33. The minimum Gasteiger partial charge on any atom is -0.444 e. The van der Waals surface area contributed by atoms with Gasteiger partial charge in [-0.3, -0.25) is 19.3 Å². The lowest BCUT2D eigenvalue weighted by atomic mass is 9.87. The van der Waals surface area contributed by atoms with Gasteiger partial charge in [-0.15, -0.1) is 0 Å². The first-order valence-electron chi connectivity index (χ1n) is 14.9. The van der Waals surface area contributed by atoms with E-state index in [0.29, 0.717) is 30.9 Å². The fraction of sp³-hybridized carbons (Fsp3) is 0.645. The van der Waals surface area contributed by atoms with Crippen LogP contribution in [0.1, 0.15) is 75.3 Å². The molecule has 226 valence electrons. The molecule has 1 saturated carbocycles. The average Bonchev–Trinajstić information content (AvgIpc) is 3.60. The topological polar surface area (TPSA) is 126 Å². The molecule has 4 amide bonds. The highest BCUT2D eigenvalue weighted by Gasteiger charge is 2.56. The Balaban J connectivity index is 1.33. The van der Waals surface area contributed by atoms with Crippen LogP contribution in [0.25, 0.3) is 0 Å². The molecule has 5 unspecified atom stereocenters. The maximum Gasteiger partial charge on any atom is 0.408 e. The Morgan fingerprint density at radius 2 is 1.93 bits per heavy atom. The summed E-state index contributed by atoms with van der Waals surface area (Å²) in [5, 5.41) is 12.5. The zero-order valence-corrected chi connectivity index (χ0v) is 25.4. The van der Waals surface area contributed by atoms with E-state index in [0.717, 1.165) is 18.4 Å². The van der Waals surface area contributed by atoms with Crippen molar-refractivity contribution in [1.82, 2.24) is 24.9 Å².